The molecule has 144 valence electrons. The fourth-order valence-electron chi connectivity index (χ4n) is 2.78. The van der Waals surface area contributed by atoms with Gasteiger partial charge in [0.15, 0.2) is 11.5 Å². The molecule has 0 spiro atoms. The normalized spacial score (nSPS) is 14.1. The van der Waals surface area contributed by atoms with Crippen LogP contribution in [-0.4, -0.2) is 61.9 Å². The van der Waals surface area contributed by atoms with Gasteiger partial charge in [0, 0.05) is 31.4 Å². The van der Waals surface area contributed by atoms with Gasteiger partial charge in [-0.05, 0) is 6.07 Å². The van der Waals surface area contributed by atoms with Crippen LogP contribution in [0.1, 0.15) is 16.1 Å². The van der Waals surface area contributed by atoms with Crippen molar-refractivity contribution in [1.29, 1.82) is 0 Å². The third-order valence-electron chi connectivity index (χ3n) is 4.18. The number of halogens is 1. The van der Waals surface area contributed by atoms with E-state index in [-0.39, 0.29) is 17.3 Å². The Labute approximate surface area is 165 Å². The van der Waals surface area contributed by atoms with E-state index in [1.54, 1.807) is 18.6 Å². The lowest BCUT2D eigenvalue weighted by Gasteiger charge is -2.26. The zero-order valence-electron chi connectivity index (χ0n) is 14.8. The van der Waals surface area contributed by atoms with E-state index in [1.807, 2.05) is 11.0 Å². The van der Waals surface area contributed by atoms with Crippen LogP contribution >= 0.6 is 11.6 Å². The van der Waals surface area contributed by atoms with Gasteiger partial charge in [-0.2, -0.15) is 5.10 Å². The molecule has 1 N–H and O–H groups in total. The second kappa shape index (κ2) is 8.28. The molecule has 11 heteroatoms. The van der Waals surface area contributed by atoms with Crippen molar-refractivity contribution in [2.45, 2.75) is 6.54 Å². The van der Waals surface area contributed by atoms with Crippen molar-refractivity contribution in [3.63, 3.8) is 0 Å². The van der Waals surface area contributed by atoms with Crippen LogP contribution in [0.2, 0.25) is 5.02 Å². The summed E-state index contributed by atoms with van der Waals surface area (Å²) >= 11 is 6.16. The quantitative estimate of drug-likeness (QED) is 0.671. The van der Waals surface area contributed by atoms with Gasteiger partial charge in [0.1, 0.15) is 12.7 Å². The second-order valence-corrected chi connectivity index (χ2v) is 6.38. The first-order valence-corrected chi connectivity index (χ1v) is 9.02. The summed E-state index contributed by atoms with van der Waals surface area (Å²) in [4.78, 5) is 31.5. The largest absolute Gasteiger partial charge is 0.378 e. The minimum atomic E-state index is -0.393. The summed E-state index contributed by atoms with van der Waals surface area (Å²) in [5, 5.41) is 7.10. The number of pyridine rings is 1. The Balaban J connectivity index is 1.50. The van der Waals surface area contributed by atoms with Gasteiger partial charge in [0.2, 0.25) is 5.95 Å². The number of hydrogen-bond donors (Lipinski definition) is 1. The van der Waals surface area contributed by atoms with Crippen LogP contribution in [0.25, 0.3) is 5.82 Å². The Kier molecular flexibility index (Phi) is 5.40. The van der Waals surface area contributed by atoms with E-state index >= 15 is 0 Å². The van der Waals surface area contributed by atoms with E-state index in [0.717, 1.165) is 5.56 Å². The molecule has 1 aliphatic heterocycles. The van der Waals surface area contributed by atoms with Crippen molar-refractivity contribution < 1.29 is 9.53 Å². The van der Waals surface area contributed by atoms with E-state index in [9.17, 15) is 4.79 Å². The minimum absolute atomic E-state index is 0.129. The molecular weight excluding hydrogens is 384 g/mol. The van der Waals surface area contributed by atoms with Crippen LogP contribution in [0.3, 0.4) is 0 Å². The van der Waals surface area contributed by atoms with Crippen molar-refractivity contribution in [2.24, 2.45) is 0 Å². The highest BCUT2D eigenvalue weighted by Gasteiger charge is 2.19. The second-order valence-electron chi connectivity index (χ2n) is 5.97. The zero-order valence-corrected chi connectivity index (χ0v) is 15.6. The number of carbonyl (C=O) groups is 1. The zero-order chi connectivity index (χ0) is 19.3. The first-order chi connectivity index (χ1) is 13.7. The van der Waals surface area contributed by atoms with Crippen LogP contribution in [0.4, 0.5) is 5.95 Å². The number of hydrogen-bond acceptors (Lipinski definition) is 8. The molecule has 0 bridgehead atoms. The highest BCUT2D eigenvalue weighted by molar-refractivity contribution is 6.33. The molecule has 0 atom stereocenters. The van der Waals surface area contributed by atoms with Gasteiger partial charge in [-0.3, -0.25) is 4.79 Å². The highest BCUT2D eigenvalue weighted by Crippen LogP contribution is 2.18. The molecule has 4 rings (SSSR count). The fourth-order valence-corrected chi connectivity index (χ4v) is 2.96. The van der Waals surface area contributed by atoms with Crippen LogP contribution in [-0.2, 0) is 11.3 Å². The number of rotatable bonds is 5. The van der Waals surface area contributed by atoms with E-state index < -0.39 is 5.91 Å². The maximum Gasteiger partial charge on any atom is 0.271 e. The molecule has 28 heavy (non-hydrogen) atoms. The molecule has 3 aromatic rings. The van der Waals surface area contributed by atoms with Gasteiger partial charge in [-0.1, -0.05) is 17.7 Å². The Bertz CT molecular complexity index is 960. The van der Waals surface area contributed by atoms with Crippen molar-refractivity contribution in [3.05, 3.63) is 53.5 Å². The summed E-state index contributed by atoms with van der Waals surface area (Å²) in [7, 11) is 0. The number of nitrogens with one attached hydrogen (secondary N) is 1. The molecule has 3 aromatic heterocycles. The van der Waals surface area contributed by atoms with Gasteiger partial charge in [0.25, 0.3) is 5.91 Å². The number of aromatic nitrogens is 6. The molecule has 0 saturated carbocycles. The first-order valence-electron chi connectivity index (χ1n) is 8.64. The first kappa shape index (κ1) is 18.3. The predicted molar refractivity (Wildman–Crippen MR) is 100 cm³/mol. The molecule has 0 aromatic carbocycles. The fraction of sp³-hybridized carbons (Fsp3) is 0.294. The van der Waals surface area contributed by atoms with Crippen molar-refractivity contribution in [1.82, 2.24) is 35.0 Å². The Morgan fingerprint density at radius 1 is 1.29 bits per heavy atom. The lowest BCUT2D eigenvalue weighted by atomic mass is 10.2. The molecule has 1 amide bonds. The van der Waals surface area contributed by atoms with Gasteiger partial charge >= 0.3 is 0 Å². The Hall–Kier alpha value is -3.11. The van der Waals surface area contributed by atoms with Crippen LogP contribution in [0.5, 0.6) is 0 Å². The summed E-state index contributed by atoms with van der Waals surface area (Å²) in [6.45, 7) is 2.76. The lowest BCUT2D eigenvalue weighted by Crippen LogP contribution is -2.37. The van der Waals surface area contributed by atoms with Crippen LogP contribution in [0, 0.1) is 0 Å². The topological polar surface area (TPSA) is 111 Å². The summed E-state index contributed by atoms with van der Waals surface area (Å²) in [5.74, 6) is 0.654. The molecule has 10 nitrogen and oxygen atoms in total. The molecule has 0 radical (unpaired) electrons. The number of morpholine rings is 1. The maximum atomic E-state index is 12.7. The molecule has 4 heterocycles. The number of nitrogens with zero attached hydrogens (tertiary/aromatic N) is 7. The van der Waals surface area contributed by atoms with Crippen LogP contribution < -0.4 is 10.2 Å². The van der Waals surface area contributed by atoms with E-state index in [4.69, 9.17) is 16.3 Å². The average molecular weight is 401 g/mol. The maximum absolute atomic E-state index is 12.7. The van der Waals surface area contributed by atoms with E-state index in [2.05, 4.69) is 30.4 Å². The van der Waals surface area contributed by atoms with Gasteiger partial charge < -0.3 is 15.0 Å². The standard InChI is InChI=1S/C17H17ClN8O2/c18-13-9-22-17(25-4-6-28-7-5-25)24-14(13)16(27)21-8-12-2-1-3-20-15(12)26-11-19-10-23-26/h1-3,9-11H,4-8H2,(H,21,27). The monoisotopic (exact) mass is 400 g/mol. The Morgan fingerprint density at radius 2 is 2.14 bits per heavy atom. The minimum Gasteiger partial charge on any atom is -0.378 e. The van der Waals surface area contributed by atoms with Crippen molar-refractivity contribution in [3.8, 4) is 5.82 Å². The molecule has 0 aliphatic carbocycles. The number of ether oxygens (including phenoxy) is 1. The highest BCUT2D eigenvalue weighted by atomic mass is 35.5. The summed E-state index contributed by atoms with van der Waals surface area (Å²) in [6.07, 6.45) is 6.06. The molecule has 1 fully saturated rings. The van der Waals surface area contributed by atoms with Gasteiger partial charge in [0.05, 0.1) is 24.4 Å². The third-order valence-corrected chi connectivity index (χ3v) is 4.46. The lowest BCUT2D eigenvalue weighted by molar-refractivity contribution is 0.0945. The van der Waals surface area contributed by atoms with Crippen LogP contribution in [0.15, 0.2) is 37.2 Å². The smallest absolute Gasteiger partial charge is 0.271 e. The predicted octanol–water partition coefficient (Wildman–Crippen LogP) is 0.872. The molecule has 1 aliphatic rings. The third kappa shape index (κ3) is 3.92. The van der Waals surface area contributed by atoms with E-state index in [0.29, 0.717) is 38.1 Å². The van der Waals surface area contributed by atoms with E-state index in [1.165, 1.54) is 17.2 Å². The van der Waals surface area contributed by atoms with Gasteiger partial charge in [-0.25, -0.2) is 24.6 Å². The molecule has 1 saturated heterocycles. The van der Waals surface area contributed by atoms with Gasteiger partial charge in [-0.15, -0.1) is 0 Å². The molecular formula is C17H17ClN8O2. The van der Waals surface area contributed by atoms with Crippen molar-refractivity contribution >= 4 is 23.5 Å². The SMILES string of the molecule is O=C(NCc1cccnc1-n1cncn1)c1nc(N2CCOCC2)ncc1Cl. The summed E-state index contributed by atoms with van der Waals surface area (Å²) in [6, 6.07) is 3.64. The number of carbonyl (C=O) groups excluding carboxylic acids is 1. The van der Waals surface area contributed by atoms with Crippen molar-refractivity contribution in [2.75, 3.05) is 31.2 Å². The molecule has 0 unspecified atom stereocenters. The summed E-state index contributed by atoms with van der Waals surface area (Å²) < 4.78 is 6.87. The number of amides is 1. The number of anilines is 1. The summed E-state index contributed by atoms with van der Waals surface area (Å²) in [5.41, 5.74) is 0.907. The average Bonchev–Trinajstić information content (AvgIpc) is 3.28. The Morgan fingerprint density at radius 3 is 2.93 bits per heavy atom.